The van der Waals surface area contributed by atoms with Gasteiger partial charge in [-0.05, 0) is 12.3 Å². The van der Waals surface area contributed by atoms with Gasteiger partial charge in [-0.3, -0.25) is 4.99 Å². The van der Waals surface area contributed by atoms with Gasteiger partial charge in [-0.2, -0.15) is 0 Å². The first kappa shape index (κ1) is 8.85. The molecule has 1 aliphatic heterocycles. The first-order valence-corrected chi connectivity index (χ1v) is 5.47. The molecule has 3 nitrogen and oxygen atoms in total. The summed E-state index contributed by atoms with van der Waals surface area (Å²) in [6.45, 7) is 3.04. The summed E-state index contributed by atoms with van der Waals surface area (Å²) in [6.07, 6.45) is 7.11. The van der Waals surface area contributed by atoms with Crippen molar-refractivity contribution in [2.75, 3.05) is 19.6 Å². The van der Waals surface area contributed by atoms with Crippen molar-refractivity contribution in [3.8, 4) is 0 Å². The van der Waals surface area contributed by atoms with E-state index in [0.29, 0.717) is 0 Å². The predicted octanol–water partition coefficient (Wildman–Crippen LogP) is 1.12. The summed E-state index contributed by atoms with van der Waals surface area (Å²) >= 11 is 0. The molecule has 0 amide bonds. The van der Waals surface area contributed by atoms with Gasteiger partial charge in [0.05, 0.1) is 6.54 Å². The quantitative estimate of drug-likeness (QED) is 0.684. The first-order valence-electron chi connectivity index (χ1n) is 5.47. The zero-order valence-corrected chi connectivity index (χ0v) is 8.18. The molecule has 74 valence electrons. The molecule has 0 spiro atoms. The first-order chi connectivity index (χ1) is 6.45. The van der Waals surface area contributed by atoms with Crippen molar-refractivity contribution in [1.29, 1.82) is 0 Å². The maximum Gasteiger partial charge on any atom is 0.191 e. The fourth-order valence-electron chi connectivity index (χ4n) is 2.21. The number of hydrogen-bond acceptors (Lipinski definition) is 3. The van der Waals surface area contributed by atoms with Gasteiger partial charge in [0, 0.05) is 13.1 Å². The second-order valence-corrected chi connectivity index (χ2v) is 4.02. The molecule has 0 unspecified atom stereocenters. The highest BCUT2D eigenvalue weighted by Gasteiger charge is 2.14. The lowest BCUT2D eigenvalue weighted by molar-refractivity contribution is 0.499. The Labute approximate surface area is 80.0 Å². The Kier molecular flexibility index (Phi) is 3.06. The number of guanidine groups is 1. The molecule has 1 aliphatic carbocycles. The molecular weight excluding hydrogens is 162 g/mol. The van der Waals surface area contributed by atoms with Crippen molar-refractivity contribution in [2.45, 2.75) is 32.1 Å². The normalized spacial score (nSPS) is 22.9. The van der Waals surface area contributed by atoms with Crippen LogP contribution in [0, 0.1) is 5.92 Å². The van der Waals surface area contributed by atoms with Crippen molar-refractivity contribution in [2.24, 2.45) is 10.9 Å². The van der Waals surface area contributed by atoms with Crippen molar-refractivity contribution in [3.05, 3.63) is 0 Å². The molecule has 13 heavy (non-hydrogen) atoms. The summed E-state index contributed by atoms with van der Waals surface area (Å²) in [5.41, 5.74) is 0. The maximum absolute atomic E-state index is 4.29. The van der Waals surface area contributed by atoms with Gasteiger partial charge in [-0.25, -0.2) is 0 Å². The molecule has 1 heterocycles. The van der Waals surface area contributed by atoms with Crippen LogP contribution in [-0.2, 0) is 0 Å². The van der Waals surface area contributed by atoms with E-state index in [-0.39, 0.29) is 0 Å². The Morgan fingerprint density at radius 2 is 2.23 bits per heavy atom. The molecule has 2 N–H and O–H groups in total. The Hall–Kier alpha value is -0.730. The van der Waals surface area contributed by atoms with Crippen LogP contribution in [0.3, 0.4) is 0 Å². The van der Waals surface area contributed by atoms with Crippen LogP contribution in [0.15, 0.2) is 4.99 Å². The van der Waals surface area contributed by atoms with Crippen LogP contribution >= 0.6 is 0 Å². The molecule has 1 saturated carbocycles. The van der Waals surface area contributed by atoms with Crippen LogP contribution in [0.2, 0.25) is 0 Å². The number of rotatable bonds is 3. The minimum Gasteiger partial charge on any atom is -0.356 e. The lowest BCUT2D eigenvalue weighted by Crippen LogP contribution is -2.34. The highest BCUT2D eigenvalue weighted by molar-refractivity contribution is 5.81. The summed E-state index contributed by atoms with van der Waals surface area (Å²) in [5, 5.41) is 6.57. The van der Waals surface area contributed by atoms with E-state index in [1.807, 2.05) is 0 Å². The van der Waals surface area contributed by atoms with E-state index in [9.17, 15) is 0 Å². The van der Waals surface area contributed by atoms with Gasteiger partial charge >= 0.3 is 0 Å². The number of nitrogens with zero attached hydrogens (tertiary/aromatic N) is 1. The number of hydrogen-bond donors (Lipinski definition) is 2. The van der Waals surface area contributed by atoms with E-state index in [2.05, 4.69) is 15.6 Å². The van der Waals surface area contributed by atoms with Crippen molar-refractivity contribution in [1.82, 2.24) is 10.6 Å². The van der Waals surface area contributed by atoms with Gasteiger partial charge < -0.3 is 10.6 Å². The number of nitrogens with one attached hydrogen (secondary N) is 2. The average molecular weight is 181 g/mol. The van der Waals surface area contributed by atoms with Gasteiger partial charge in [-0.1, -0.05) is 25.7 Å². The maximum atomic E-state index is 4.29. The van der Waals surface area contributed by atoms with Crippen molar-refractivity contribution >= 4 is 5.96 Å². The predicted molar refractivity (Wildman–Crippen MR) is 54.9 cm³/mol. The summed E-state index contributed by atoms with van der Waals surface area (Å²) in [4.78, 5) is 4.29. The van der Waals surface area contributed by atoms with Crippen LogP contribution in [0.5, 0.6) is 0 Å². The van der Waals surface area contributed by atoms with E-state index in [1.54, 1.807) is 0 Å². The van der Waals surface area contributed by atoms with Crippen LogP contribution in [-0.4, -0.2) is 25.6 Å². The monoisotopic (exact) mass is 181 g/mol. The second-order valence-electron chi connectivity index (χ2n) is 4.02. The summed E-state index contributed by atoms with van der Waals surface area (Å²) in [6, 6.07) is 0. The van der Waals surface area contributed by atoms with Gasteiger partial charge in [0.1, 0.15) is 0 Å². The van der Waals surface area contributed by atoms with Crippen LogP contribution in [0.1, 0.15) is 32.1 Å². The largest absolute Gasteiger partial charge is 0.356 e. The lowest BCUT2D eigenvalue weighted by Gasteiger charge is -2.10. The molecule has 0 aromatic rings. The third-order valence-electron chi connectivity index (χ3n) is 2.99. The smallest absolute Gasteiger partial charge is 0.191 e. The SMILES string of the molecule is C1CCC(CCNC2=NCCN2)C1. The molecule has 2 aliphatic rings. The molecule has 0 saturated heterocycles. The van der Waals surface area contributed by atoms with Crippen LogP contribution in [0.25, 0.3) is 0 Å². The van der Waals surface area contributed by atoms with E-state index in [4.69, 9.17) is 0 Å². The molecular formula is C10H19N3. The van der Waals surface area contributed by atoms with E-state index < -0.39 is 0 Å². The second kappa shape index (κ2) is 4.49. The summed E-state index contributed by atoms with van der Waals surface area (Å²) in [5.74, 6) is 1.99. The summed E-state index contributed by atoms with van der Waals surface area (Å²) in [7, 11) is 0. The van der Waals surface area contributed by atoms with Crippen LogP contribution < -0.4 is 10.6 Å². The third kappa shape index (κ3) is 2.61. The number of aliphatic imine (C=N–C) groups is 1. The molecule has 0 atom stereocenters. The highest BCUT2D eigenvalue weighted by Crippen LogP contribution is 2.26. The standard InChI is InChI=1S/C10H19N3/c1-2-4-9(3-1)5-6-11-10-12-7-8-13-10/h9H,1-8H2,(H2,11,12,13). The third-order valence-corrected chi connectivity index (χ3v) is 2.99. The Balaban J connectivity index is 1.57. The molecule has 2 rings (SSSR count). The van der Waals surface area contributed by atoms with Crippen molar-refractivity contribution < 1.29 is 0 Å². The van der Waals surface area contributed by atoms with E-state index >= 15 is 0 Å². The molecule has 0 aromatic carbocycles. The molecule has 1 fully saturated rings. The van der Waals surface area contributed by atoms with Gasteiger partial charge in [0.25, 0.3) is 0 Å². The van der Waals surface area contributed by atoms with E-state index in [0.717, 1.165) is 31.5 Å². The Morgan fingerprint density at radius 3 is 2.92 bits per heavy atom. The topological polar surface area (TPSA) is 36.4 Å². The van der Waals surface area contributed by atoms with E-state index in [1.165, 1.54) is 32.1 Å². The molecule has 0 aromatic heterocycles. The zero-order chi connectivity index (χ0) is 8.93. The fourth-order valence-corrected chi connectivity index (χ4v) is 2.21. The minimum atomic E-state index is 0.936. The van der Waals surface area contributed by atoms with Gasteiger partial charge in [-0.15, -0.1) is 0 Å². The molecule has 0 bridgehead atoms. The van der Waals surface area contributed by atoms with Gasteiger partial charge in [0.15, 0.2) is 5.96 Å². The van der Waals surface area contributed by atoms with Crippen LogP contribution in [0.4, 0.5) is 0 Å². The zero-order valence-electron chi connectivity index (χ0n) is 8.18. The van der Waals surface area contributed by atoms with Crippen molar-refractivity contribution in [3.63, 3.8) is 0 Å². The lowest BCUT2D eigenvalue weighted by atomic mass is 10.0. The average Bonchev–Trinajstić information content (AvgIpc) is 2.75. The fraction of sp³-hybridized carbons (Fsp3) is 0.900. The Bertz CT molecular complexity index is 183. The molecule has 3 heteroatoms. The van der Waals surface area contributed by atoms with Gasteiger partial charge in [0.2, 0.25) is 0 Å². The molecule has 0 radical (unpaired) electrons. The minimum absolute atomic E-state index is 0.936. The Morgan fingerprint density at radius 1 is 1.38 bits per heavy atom. The summed E-state index contributed by atoms with van der Waals surface area (Å²) < 4.78 is 0. The highest BCUT2D eigenvalue weighted by atomic mass is 15.2.